The zero-order chi connectivity index (χ0) is 22.7. The molecule has 4 rings (SSSR count). The summed E-state index contributed by atoms with van der Waals surface area (Å²) < 4.78 is 11.4. The highest BCUT2D eigenvalue weighted by Crippen LogP contribution is 2.36. The van der Waals surface area contributed by atoms with Crippen molar-refractivity contribution < 1.29 is 19.1 Å². The third-order valence-corrected chi connectivity index (χ3v) is 5.96. The van der Waals surface area contributed by atoms with E-state index in [9.17, 15) is 9.59 Å². The molecule has 0 fully saturated rings. The summed E-state index contributed by atoms with van der Waals surface area (Å²) in [4.78, 5) is 28.6. The molecule has 1 aromatic heterocycles. The van der Waals surface area contributed by atoms with Crippen LogP contribution >= 0.6 is 22.9 Å². The minimum absolute atomic E-state index is 0.0816. The molecule has 2 N–H and O–H groups in total. The maximum atomic E-state index is 12.5. The second-order valence-electron chi connectivity index (χ2n) is 7.38. The molecule has 2 unspecified atom stereocenters. The molecule has 1 aliphatic rings. The van der Waals surface area contributed by atoms with E-state index in [0.717, 1.165) is 22.6 Å². The first kappa shape index (κ1) is 22.1. The molecule has 0 saturated heterocycles. The number of halogens is 1. The van der Waals surface area contributed by atoms with Gasteiger partial charge in [-0.25, -0.2) is 4.98 Å². The van der Waals surface area contributed by atoms with E-state index in [-0.39, 0.29) is 17.9 Å². The first-order valence-electron chi connectivity index (χ1n) is 10.1. The molecule has 0 radical (unpaired) electrons. The van der Waals surface area contributed by atoms with Gasteiger partial charge in [0.25, 0.3) is 5.91 Å². The number of thiazole rings is 1. The minimum Gasteiger partial charge on any atom is -0.493 e. The Hall–Kier alpha value is -3.10. The van der Waals surface area contributed by atoms with Gasteiger partial charge in [0.1, 0.15) is 11.5 Å². The van der Waals surface area contributed by atoms with Crippen LogP contribution in [0.4, 0.5) is 5.13 Å². The fraction of sp³-hybridized carbons (Fsp3) is 0.261. The van der Waals surface area contributed by atoms with Crippen molar-refractivity contribution in [3.8, 4) is 22.8 Å². The Morgan fingerprint density at radius 2 is 2.03 bits per heavy atom. The van der Waals surface area contributed by atoms with Gasteiger partial charge in [0.05, 0.1) is 18.3 Å². The van der Waals surface area contributed by atoms with Gasteiger partial charge < -0.3 is 14.8 Å². The summed E-state index contributed by atoms with van der Waals surface area (Å²) in [5, 5.41) is 8.71. The molecule has 32 heavy (non-hydrogen) atoms. The van der Waals surface area contributed by atoms with Crippen LogP contribution in [-0.4, -0.2) is 29.5 Å². The van der Waals surface area contributed by atoms with Gasteiger partial charge in [-0.05, 0) is 49.4 Å². The number of hydrogen-bond acceptors (Lipinski definition) is 6. The van der Waals surface area contributed by atoms with E-state index in [2.05, 4.69) is 15.6 Å². The second-order valence-corrected chi connectivity index (χ2v) is 8.68. The lowest BCUT2D eigenvalue weighted by molar-refractivity contribution is -0.122. The predicted molar refractivity (Wildman–Crippen MR) is 124 cm³/mol. The number of fused-ring (bicyclic) bond motifs is 1. The second kappa shape index (κ2) is 9.58. The van der Waals surface area contributed by atoms with Crippen LogP contribution in [0.2, 0.25) is 5.02 Å². The molecule has 0 aliphatic carbocycles. The van der Waals surface area contributed by atoms with Gasteiger partial charge in [0.15, 0.2) is 11.2 Å². The van der Waals surface area contributed by atoms with Crippen LogP contribution in [0, 0.1) is 0 Å². The average molecular weight is 472 g/mol. The zero-order valence-electron chi connectivity index (χ0n) is 17.6. The summed E-state index contributed by atoms with van der Waals surface area (Å²) in [7, 11) is 0. The van der Waals surface area contributed by atoms with Crippen LogP contribution in [0.25, 0.3) is 11.3 Å². The molecule has 9 heteroatoms. The number of benzene rings is 2. The van der Waals surface area contributed by atoms with Crippen molar-refractivity contribution in [2.75, 3.05) is 11.9 Å². The van der Waals surface area contributed by atoms with Gasteiger partial charge in [-0.3, -0.25) is 14.9 Å². The van der Waals surface area contributed by atoms with Crippen molar-refractivity contribution in [3.05, 3.63) is 58.4 Å². The van der Waals surface area contributed by atoms with E-state index in [1.54, 1.807) is 31.2 Å². The van der Waals surface area contributed by atoms with Gasteiger partial charge in [-0.1, -0.05) is 11.6 Å². The maximum Gasteiger partial charge on any atom is 0.266 e. The van der Waals surface area contributed by atoms with Crippen molar-refractivity contribution in [1.29, 1.82) is 0 Å². The van der Waals surface area contributed by atoms with Crippen LogP contribution in [-0.2, 0) is 9.59 Å². The lowest BCUT2D eigenvalue weighted by atomic mass is 9.97. The Balaban J connectivity index is 1.45. The largest absolute Gasteiger partial charge is 0.493 e. The Morgan fingerprint density at radius 1 is 1.25 bits per heavy atom. The number of rotatable bonds is 6. The Bertz CT molecular complexity index is 1130. The molecule has 2 heterocycles. The molecule has 2 aromatic carbocycles. The summed E-state index contributed by atoms with van der Waals surface area (Å²) in [5.41, 5.74) is 2.53. The maximum absolute atomic E-state index is 12.5. The number of carbonyl (C=O) groups is 2. The van der Waals surface area contributed by atoms with Gasteiger partial charge in [-0.15, -0.1) is 11.3 Å². The van der Waals surface area contributed by atoms with Crippen molar-refractivity contribution in [3.63, 3.8) is 0 Å². The molecule has 3 aromatic rings. The Kier molecular flexibility index (Phi) is 6.62. The van der Waals surface area contributed by atoms with E-state index in [4.69, 9.17) is 21.1 Å². The van der Waals surface area contributed by atoms with E-state index in [1.807, 2.05) is 23.6 Å². The van der Waals surface area contributed by atoms with Crippen molar-refractivity contribution in [1.82, 2.24) is 10.3 Å². The normalized spacial score (nSPS) is 15.8. The molecular formula is C23H22ClN3O4S. The van der Waals surface area contributed by atoms with Gasteiger partial charge in [0.2, 0.25) is 5.91 Å². The Morgan fingerprint density at radius 3 is 2.78 bits per heavy atom. The molecule has 1 aliphatic heterocycles. The fourth-order valence-electron chi connectivity index (χ4n) is 3.39. The molecule has 166 valence electrons. The Labute approximate surface area is 194 Å². The SMILES string of the molecule is CC(=O)NC1CCOc2ccc(-c3csc(NC(=O)C(C)Oc4ccc(Cl)cc4)n3)cc21. The summed E-state index contributed by atoms with van der Waals surface area (Å²) in [6, 6.07) is 12.5. The molecule has 2 atom stereocenters. The quantitative estimate of drug-likeness (QED) is 0.537. The van der Waals surface area contributed by atoms with Crippen LogP contribution in [0.3, 0.4) is 0 Å². The van der Waals surface area contributed by atoms with Crippen LogP contribution in [0.15, 0.2) is 47.8 Å². The number of aromatic nitrogens is 1. The summed E-state index contributed by atoms with van der Waals surface area (Å²) in [6.07, 6.45) is 0.00254. The average Bonchev–Trinajstić information content (AvgIpc) is 3.23. The molecule has 0 bridgehead atoms. The first-order chi connectivity index (χ1) is 15.4. The third kappa shape index (κ3) is 5.20. The molecule has 7 nitrogen and oxygen atoms in total. The monoisotopic (exact) mass is 471 g/mol. The lowest BCUT2D eigenvalue weighted by Gasteiger charge is -2.26. The molecule has 0 saturated carbocycles. The molecule has 2 amide bonds. The number of anilines is 1. The van der Waals surface area contributed by atoms with Crippen LogP contribution in [0.1, 0.15) is 31.9 Å². The molecular weight excluding hydrogens is 450 g/mol. The first-order valence-corrected chi connectivity index (χ1v) is 11.4. The summed E-state index contributed by atoms with van der Waals surface area (Å²) in [6.45, 7) is 3.73. The highest BCUT2D eigenvalue weighted by atomic mass is 35.5. The van der Waals surface area contributed by atoms with Gasteiger partial charge in [0, 0.05) is 34.9 Å². The van der Waals surface area contributed by atoms with Crippen molar-refractivity contribution in [2.24, 2.45) is 0 Å². The lowest BCUT2D eigenvalue weighted by Crippen LogP contribution is -2.30. The van der Waals surface area contributed by atoms with Gasteiger partial charge >= 0.3 is 0 Å². The standard InChI is InChI=1S/C23H22ClN3O4S/c1-13(31-17-6-4-16(24)5-7-17)22(29)27-23-26-20(12-32-23)15-3-8-21-18(11-15)19(9-10-30-21)25-14(2)28/h3-8,11-13,19H,9-10H2,1-2H3,(H,25,28)(H,26,27,29). The minimum atomic E-state index is -0.706. The summed E-state index contributed by atoms with van der Waals surface area (Å²) in [5.74, 6) is 0.935. The number of ether oxygens (including phenoxy) is 2. The van der Waals surface area contributed by atoms with E-state index in [1.165, 1.54) is 18.3 Å². The number of nitrogens with zero attached hydrogens (tertiary/aromatic N) is 1. The van der Waals surface area contributed by atoms with Gasteiger partial charge in [-0.2, -0.15) is 0 Å². The number of hydrogen-bond donors (Lipinski definition) is 2. The summed E-state index contributed by atoms with van der Waals surface area (Å²) >= 11 is 7.20. The topological polar surface area (TPSA) is 89.6 Å². The molecule has 0 spiro atoms. The van der Waals surface area contributed by atoms with Crippen molar-refractivity contribution in [2.45, 2.75) is 32.4 Å². The van der Waals surface area contributed by atoms with E-state index >= 15 is 0 Å². The number of carbonyl (C=O) groups excluding carboxylic acids is 2. The highest BCUT2D eigenvalue weighted by Gasteiger charge is 2.23. The van der Waals surface area contributed by atoms with Crippen LogP contribution < -0.4 is 20.1 Å². The van der Waals surface area contributed by atoms with Crippen molar-refractivity contribution >= 4 is 39.9 Å². The van der Waals surface area contributed by atoms with Crippen LogP contribution in [0.5, 0.6) is 11.5 Å². The fourth-order valence-corrected chi connectivity index (χ4v) is 4.24. The highest BCUT2D eigenvalue weighted by molar-refractivity contribution is 7.14. The van der Waals surface area contributed by atoms with E-state index < -0.39 is 6.10 Å². The number of amides is 2. The zero-order valence-corrected chi connectivity index (χ0v) is 19.1. The predicted octanol–water partition coefficient (Wildman–Crippen LogP) is 4.83. The number of nitrogens with one attached hydrogen (secondary N) is 2. The van der Waals surface area contributed by atoms with E-state index in [0.29, 0.717) is 28.9 Å². The smallest absolute Gasteiger partial charge is 0.266 e. The third-order valence-electron chi connectivity index (χ3n) is 4.95.